The first-order valence-corrected chi connectivity index (χ1v) is 5.14. The van der Waals surface area contributed by atoms with Crippen LogP contribution in [0.2, 0.25) is 0 Å². The number of aryl methyl sites for hydroxylation is 1. The van der Waals surface area contributed by atoms with Gasteiger partial charge in [-0.2, -0.15) is 8.78 Å². The number of hydrogen-bond acceptors (Lipinski definition) is 2. The molecule has 17 heavy (non-hydrogen) atoms. The minimum atomic E-state index is -2.86. The van der Waals surface area contributed by atoms with Crippen LogP contribution in [0.1, 0.15) is 11.1 Å². The highest BCUT2D eigenvalue weighted by atomic mass is 19.3. The molecular weight excluding hydrogens is 226 g/mol. The standard InChI is InChI=1S/C12H12F2N2O/c1-7-3-5-9(6-4-7)10-8(2)11(16-15-10)17-12(13)14/h3-6,12H,1-2H3,(H,15,16). The summed E-state index contributed by atoms with van der Waals surface area (Å²) in [4.78, 5) is 0. The molecule has 2 aromatic rings. The lowest BCUT2D eigenvalue weighted by Crippen LogP contribution is -2.03. The van der Waals surface area contributed by atoms with Crippen LogP contribution in [0.3, 0.4) is 0 Å². The maximum Gasteiger partial charge on any atom is 0.388 e. The van der Waals surface area contributed by atoms with E-state index in [9.17, 15) is 8.78 Å². The van der Waals surface area contributed by atoms with E-state index in [0.717, 1.165) is 11.1 Å². The van der Waals surface area contributed by atoms with Crippen molar-refractivity contribution < 1.29 is 13.5 Å². The molecule has 1 heterocycles. The lowest BCUT2D eigenvalue weighted by Gasteiger charge is -2.02. The van der Waals surface area contributed by atoms with Gasteiger partial charge >= 0.3 is 6.61 Å². The van der Waals surface area contributed by atoms with Crippen LogP contribution < -0.4 is 4.74 Å². The summed E-state index contributed by atoms with van der Waals surface area (Å²) in [5.41, 5.74) is 3.30. The number of aromatic amines is 1. The molecule has 3 nitrogen and oxygen atoms in total. The zero-order valence-corrected chi connectivity index (χ0v) is 9.50. The minimum absolute atomic E-state index is 0.0597. The number of nitrogens with zero attached hydrogens (tertiary/aromatic N) is 1. The van der Waals surface area contributed by atoms with Crippen LogP contribution in [0, 0.1) is 13.8 Å². The number of benzene rings is 1. The van der Waals surface area contributed by atoms with Gasteiger partial charge in [-0.3, -0.25) is 5.10 Å². The van der Waals surface area contributed by atoms with Gasteiger partial charge in [0.05, 0.1) is 5.69 Å². The smallest absolute Gasteiger partial charge is 0.388 e. The van der Waals surface area contributed by atoms with Crippen LogP contribution in [0.5, 0.6) is 5.88 Å². The lowest BCUT2D eigenvalue weighted by atomic mass is 10.1. The Balaban J connectivity index is 2.33. The van der Waals surface area contributed by atoms with Gasteiger partial charge in [0.2, 0.25) is 5.88 Å². The Morgan fingerprint density at radius 2 is 1.82 bits per heavy atom. The van der Waals surface area contributed by atoms with Gasteiger partial charge in [0.25, 0.3) is 0 Å². The number of halogens is 2. The number of aromatic nitrogens is 2. The van der Waals surface area contributed by atoms with Gasteiger partial charge < -0.3 is 4.74 Å². The van der Waals surface area contributed by atoms with Crippen LogP contribution in [-0.4, -0.2) is 16.8 Å². The fourth-order valence-corrected chi connectivity index (χ4v) is 1.58. The molecule has 0 unspecified atom stereocenters. The average Bonchev–Trinajstić information content (AvgIpc) is 2.61. The Hall–Kier alpha value is -1.91. The minimum Gasteiger partial charge on any atom is -0.415 e. The van der Waals surface area contributed by atoms with E-state index in [-0.39, 0.29) is 5.88 Å². The lowest BCUT2D eigenvalue weighted by molar-refractivity contribution is -0.0533. The number of hydrogen-bond donors (Lipinski definition) is 1. The van der Waals surface area contributed by atoms with Gasteiger partial charge in [0.15, 0.2) is 0 Å². The first kappa shape index (κ1) is 11.6. The van der Waals surface area contributed by atoms with Crippen molar-refractivity contribution in [2.75, 3.05) is 0 Å². The van der Waals surface area contributed by atoms with E-state index in [4.69, 9.17) is 0 Å². The second-order valence-corrected chi connectivity index (χ2v) is 3.77. The highest BCUT2D eigenvalue weighted by molar-refractivity contribution is 5.64. The summed E-state index contributed by atoms with van der Waals surface area (Å²) in [6, 6.07) is 7.70. The summed E-state index contributed by atoms with van der Waals surface area (Å²) < 4.78 is 28.5. The average molecular weight is 238 g/mol. The molecule has 0 saturated carbocycles. The Bertz CT molecular complexity index is 506. The zero-order valence-electron chi connectivity index (χ0n) is 9.50. The molecule has 90 valence electrons. The third-order valence-corrected chi connectivity index (χ3v) is 2.51. The molecule has 2 rings (SSSR count). The molecule has 1 aromatic heterocycles. The van der Waals surface area contributed by atoms with Gasteiger partial charge in [-0.1, -0.05) is 29.8 Å². The predicted molar refractivity (Wildman–Crippen MR) is 60.1 cm³/mol. The molecule has 0 aliphatic heterocycles. The fourth-order valence-electron chi connectivity index (χ4n) is 1.58. The maximum absolute atomic E-state index is 12.1. The molecule has 0 bridgehead atoms. The SMILES string of the molecule is Cc1ccc(-c2[nH]nc(OC(F)F)c2C)cc1. The molecule has 1 N–H and O–H groups in total. The fraction of sp³-hybridized carbons (Fsp3) is 0.250. The topological polar surface area (TPSA) is 37.9 Å². The van der Waals surface area contributed by atoms with Crippen LogP contribution in [-0.2, 0) is 0 Å². The highest BCUT2D eigenvalue weighted by Crippen LogP contribution is 2.28. The molecule has 0 aliphatic carbocycles. The molecule has 0 atom stereocenters. The van der Waals surface area contributed by atoms with Gasteiger partial charge in [-0.15, -0.1) is 5.10 Å². The van der Waals surface area contributed by atoms with Gasteiger partial charge in [-0.25, -0.2) is 0 Å². The molecule has 0 radical (unpaired) electrons. The molecule has 0 fully saturated rings. The number of rotatable bonds is 3. The second-order valence-electron chi connectivity index (χ2n) is 3.77. The Labute approximate surface area is 97.4 Å². The Morgan fingerprint density at radius 3 is 2.41 bits per heavy atom. The van der Waals surface area contributed by atoms with Crippen molar-refractivity contribution in [3.63, 3.8) is 0 Å². The largest absolute Gasteiger partial charge is 0.415 e. The van der Waals surface area contributed by atoms with Crippen LogP contribution in [0.25, 0.3) is 11.3 Å². The third-order valence-electron chi connectivity index (χ3n) is 2.51. The van der Waals surface area contributed by atoms with E-state index in [2.05, 4.69) is 14.9 Å². The normalized spacial score (nSPS) is 10.9. The Morgan fingerprint density at radius 1 is 1.18 bits per heavy atom. The Kier molecular flexibility index (Phi) is 3.08. The maximum atomic E-state index is 12.1. The quantitative estimate of drug-likeness (QED) is 0.890. The summed E-state index contributed by atoms with van der Waals surface area (Å²) >= 11 is 0. The summed E-state index contributed by atoms with van der Waals surface area (Å²) in [5, 5.41) is 6.43. The highest BCUT2D eigenvalue weighted by Gasteiger charge is 2.15. The van der Waals surface area contributed by atoms with E-state index in [1.165, 1.54) is 0 Å². The van der Waals surface area contributed by atoms with E-state index in [1.54, 1.807) is 6.92 Å². The number of ether oxygens (including phenoxy) is 1. The second kappa shape index (κ2) is 4.53. The van der Waals surface area contributed by atoms with Crippen molar-refractivity contribution in [2.24, 2.45) is 0 Å². The van der Waals surface area contributed by atoms with Crippen LogP contribution in [0.15, 0.2) is 24.3 Å². The van der Waals surface area contributed by atoms with Gasteiger partial charge in [0.1, 0.15) is 0 Å². The number of alkyl halides is 2. The molecule has 1 aromatic carbocycles. The van der Waals surface area contributed by atoms with E-state index in [0.29, 0.717) is 11.3 Å². The van der Waals surface area contributed by atoms with Crippen molar-refractivity contribution in [1.82, 2.24) is 10.2 Å². The van der Waals surface area contributed by atoms with E-state index >= 15 is 0 Å². The molecule has 0 aliphatic rings. The van der Waals surface area contributed by atoms with Crippen molar-refractivity contribution >= 4 is 0 Å². The first-order chi connectivity index (χ1) is 8.08. The molecule has 0 amide bonds. The monoisotopic (exact) mass is 238 g/mol. The molecule has 0 spiro atoms. The number of H-pyrrole nitrogens is 1. The van der Waals surface area contributed by atoms with Crippen LogP contribution >= 0.6 is 0 Å². The van der Waals surface area contributed by atoms with E-state index in [1.807, 2.05) is 31.2 Å². The van der Waals surface area contributed by atoms with Crippen molar-refractivity contribution in [3.8, 4) is 17.1 Å². The molecular formula is C12H12F2N2O. The predicted octanol–water partition coefficient (Wildman–Crippen LogP) is 3.29. The number of nitrogens with one attached hydrogen (secondary N) is 1. The van der Waals surface area contributed by atoms with Crippen molar-refractivity contribution in [2.45, 2.75) is 20.5 Å². The molecule has 5 heteroatoms. The van der Waals surface area contributed by atoms with Crippen molar-refractivity contribution in [1.29, 1.82) is 0 Å². The summed E-state index contributed by atoms with van der Waals surface area (Å²) in [6.07, 6.45) is 0. The first-order valence-electron chi connectivity index (χ1n) is 5.14. The summed E-state index contributed by atoms with van der Waals surface area (Å²) in [7, 11) is 0. The van der Waals surface area contributed by atoms with E-state index < -0.39 is 6.61 Å². The summed E-state index contributed by atoms with van der Waals surface area (Å²) in [6.45, 7) is 0.814. The van der Waals surface area contributed by atoms with Crippen molar-refractivity contribution in [3.05, 3.63) is 35.4 Å². The third kappa shape index (κ3) is 2.43. The van der Waals surface area contributed by atoms with Crippen LogP contribution in [0.4, 0.5) is 8.78 Å². The summed E-state index contributed by atoms with van der Waals surface area (Å²) in [5.74, 6) is -0.0597. The van der Waals surface area contributed by atoms with Gasteiger partial charge in [0, 0.05) is 5.56 Å². The molecule has 0 saturated heterocycles. The van der Waals surface area contributed by atoms with Gasteiger partial charge in [-0.05, 0) is 19.4 Å². The zero-order chi connectivity index (χ0) is 12.4.